The number of halogens is 1. The molecule has 0 aliphatic carbocycles. The maximum Gasteiger partial charge on any atom is 0.345 e. The van der Waals surface area contributed by atoms with Gasteiger partial charge in [-0.25, -0.2) is 14.2 Å². The Bertz CT molecular complexity index is 509. The summed E-state index contributed by atoms with van der Waals surface area (Å²) in [6.07, 6.45) is 3.87. The molecule has 5 heteroatoms. The van der Waals surface area contributed by atoms with Gasteiger partial charge in [0.05, 0.1) is 11.9 Å². The Morgan fingerprint density at radius 1 is 1.29 bits per heavy atom. The second-order valence-electron chi connectivity index (χ2n) is 2.64. The molecule has 14 heavy (non-hydrogen) atoms. The minimum atomic E-state index is -0.501. The van der Waals surface area contributed by atoms with Crippen molar-refractivity contribution in [2.75, 3.05) is 0 Å². The maximum atomic E-state index is 13.2. The van der Waals surface area contributed by atoms with E-state index in [9.17, 15) is 9.18 Å². The smallest absolute Gasteiger partial charge is 0.305 e. The highest BCUT2D eigenvalue weighted by atomic mass is 19.1. The molecule has 0 saturated carbocycles. The monoisotopic (exact) mass is 191 g/mol. The van der Waals surface area contributed by atoms with Gasteiger partial charge in [0.25, 0.3) is 0 Å². The lowest BCUT2D eigenvalue weighted by Crippen LogP contribution is -2.09. The Morgan fingerprint density at radius 3 is 2.86 bits per heavy atom. The van der Waals surface area contributed by atoms with Crippen LogP contribution in [0, 0.1) is 5.82 Å². The van der Waals surface area contributed by atoms with Crippen LogP contribution in [0.4, 0.5) is 4.39 Å². The highest BCUT2D eigenvalue weighted by Gasteiger charge is 2.04. The first kappa shape index (κ1) is 8.55. The van der Waals surface area contributed by atoms with Crippen LogP contribution in [0.25, 0.3) is 11.3 Å². The highest BCUT2D eigenvalue weighted by Crippen LogP contribution is 2.16. The molecule has 0 aliphatic rings. The van der Waals surface area contributed by atoms with Gasteiger partial charge in [0, 0.05) is 18.0 Å². The first-order valence-electron chi connectivity index (χ1n) is 3.92. The van der Waals surface area contributed by atoms with Gasteiger partial charge >= 0.3 is 5.69 Å². The number of H-pyrrole nitrogens is 1. The van der Waals surface area contributed by atoms with Gasteiger partial charge in [0.1, 0.15) is 0 Å². The summed E-state index contributed by atoms with van der Waals surface area (Å²) in [5, 5.41) is 0. The van der Waals surface area contributed by atoms with E-state index in [1.165, 1.54) is 24.5 Å². The number of hydrogen-bond acceptors (Lipinski definition) is 3. The molecule has 0 bridgehead atoms. The zero-order valence-corrected chi connectivity index (χ0v) is 7.07. The third kappa shape index (κ3) is 1.52. The van der Waals surface area contributed by atoms with Crippen molar-refractivity contribution >= 4 is 0 Å². The van der Waals surface area contributed by atoms with E-state index in [-0.39, 0.29) is 0 Å². The zero-order valence-electron chi connectivity index (χ0n) is 7.07. The highest BCUT2D eigenvalue weighted by molar-refractivity contribution is 5.58. The van der Waals surface area contributed by atoms with Crippen LogP contribution in [-0.4, -0.2) is 15.0 Å². The predicted molar refractivity (Wildman–Crippen MR) is 48.0 cm³/mol. The van der Waals surface area contributed by atoms with E-state index in [4.69, 9.17) is 0 Å². The van der Waals surface area contributed by atoms with Crippen LogP contribution in [0.5, 0.6) is 0 Å². The van der Waals surface area contributed by atoms with Crippen molar-refractivity contribution in [3.05, 3.63) is 47.0 Å². The largest absolute Gasteiger partial charge is 0.345 e. The van der Waals surface area contributed by atoms with Crippen molar-refractivity contribution < 1.29 is 4.39 Å². The SMILES string of the molecule is O=c1nccc(-c2ccncc2F)[nH]1. The fraction of sp³-hybridized carbons (Fsp3) is 0. The molecule has 0 fully saturated rings. The molecule has 70 valence electrons. The summed E-state index contributed by atoms with van der Waals surface area (Å²) < 4.78 is 13.2. The van der Waals surface area contributed by atoms with E-state index >= 15 is 0 Å². The second-order valence-corrected chi connectivity index (χ2v) is 2.64. The van der Waals surface area contributed by atoms with Crippen molar-refractivity contribution in [2.45, 2.75) is 0 Å². The van der Waals surface area contributed by atoms with E-state index in [1.807, 2.05) is 0 Å². The Morgan fingerprint density at radius 2 is 2.14 bits per heavy atom. The van der Waals surface area contributed by atoms with E-state index in [0.717, 1.165) is 6.20 Å². The third-order valence-corrected chi connectivity index (χ3v) is 1.74. The minimum Gasteiger partial charge on any atom is -0.305 e. The van der Waals surface area contributed by atoms with Crippen molar-refractivity contribution in [2.24, 2.45) is 0 Å². The van der Waals surface area contributed by atoms with Gasteiger partial charge in [-0.1, -0.05) is 0 Å². The van der Waals surface area contributed by atoms with Gasteiger partial charge in [-0.05, 0) is 12.1 Å². The molecule has 1 N–H and O–H groups in total. The second kappa shape index (κ2) is 3.37. The quantitative estimate of drug-likeness (QED) is 0.730. The lowest BCUT2D eigenvalue weighted by Gasteiger charge is -2.00. The topological polar surface area (TPSA) is 58.6 Å². The average molecular weight is 191 g/mol. The molecule has 2 aromatic rings. The molecule has 0 unspecified atom stereocenters. The van der Waals surface area contributed by atoms with Crippen LogP contribution in [0.15, 0.2) is 35.5 Å². The van der Waals surface area contributed by atoms with E-state index in [1.54, 1.807) is 0 Å². The van der Waals surface area contributed by atoms with Crippen molar-refractivity contribution in [3.63, 3.8) is 0 Å². The maximum absolute atomic E-state index is 13.2. The molecule has 0 saturated heterocycles. The zero-order chi connectivity index (χ0) is 9.97. The molecule has 2 aromatic heterocycles. The average Bonchev–Trinajstić information content (AvgIpc) is 2.18. The van der Waals surface area contributed by atoms with E-state index in [2.05, 4.69) is 15.0 Å². The van der Waals surface area contributed by atoms with E-state index in [0.29, 0.717) is 11.3 Å². The summed E-state index contributed by atoms with van der Waals surface area (Å²) in [7, 11) is 0. The summed E-state index contributed by atoms with van der Waals surface area (Å²) in [5.74, 6) is -0.477. The Labute approximate surface area is 78.5 Å². The summed E-state index contributed by atoms with van der Waals surface area (Å²) >= 11 is 0. The van der Waals surface area contributed by atoms with Crippen LogP contribution in [0.3, 0.4) is 0 Å². The number of rotatable bonds is 1. The lowest BCUT2D eigenvalue weighted by molar-refractivity contribution is 0.624. The van der Waals surface area contributed by atoms with Crippen LogP contribution in [0.2, 0.25) is 0 Å². The normalized spacial score (nSPS) is 10.1. The molecular weight excluding hydrogens is 185 g/mol. The first-order valence-corrected chi connectivity index (χ1v) is 3.92. The third-order valence-electron chi connectivity index (χ3n) is 1.74. The number of nitrogens with zero attached hydrogens (tertiary/aromatic N) is 2. The molecule has 0 radical (unpaired) electrons. The van der Waals surface area contributed by atoms with Crippen molar-refractivity contribution in [1.82, 2.24) is 15.0 Å². The Hall–Kier alpha value is -2.04. The molecule has 2 rings (SSSR count). The summed E-state index contributed by atoms with van der Waals surface area (Å²) in [5.41, 5.74) is 0.197. The van der Waals surface area contributed by atoms with Crippen LogP contribution < -0.4 is 5.69 Å². The molecule has 0 atom stereocenters. The Kier molecular flexibility index (Phi) is 2.06. The molecule has 0 aromatic carbocycles. The lowest BCUT2D eigenvalue weighted by atomic mass is 10.2. The predicted octanol–water partition coefficient (Wildman–Crippen LogP) is 0.971. The summed E-state index contributed by atoms with van der Waals surface area (Å²) in [4.78, 5) is 20.4. The number of aromatic amines is 1. The van der Waals surface area contributed by atoms with Crippen LogP contribution in [-0.2, 0) is 0 Å². The van der Waals surface area contributed by atoms with Gasteiger partial charge < -0.3 is 4.98 Å². The fourth-order valence-electron chi connectivity index (χ4n) is 1.12. The molecule has 4 nitrogen and oxygen atoms in total. The molecule has 0 amide bonds. The van der Waals surface area contributed by atoms with Gasteiger partial charge in [-0.2, -0.15) is 0 Å². The van der Waals surface area contributed by atoms with Crippen molar-refractivity contribution in [3.8, 4) is 11.3 Å². The number of aromatic nitrogens is 3. The summed E-state index contributed by atoms with van der Waals surface area (Å²) in [6, 6.07) is 3.01. The van der Waals surface area contributed by atoms with Gasteiger partial charge in [-0.15, -0.1) is 0 Å². The first-order chi connectivity index (χ1) is 6.77. The van der Waals surface area contributed by atoms with Crippen LogP contribution >= 0.6 is 0 Å². The summed E-state index contributed by atoms with van der Waals surface area (Å²) in [6.45, 7) is 0. The van der Waals surface area contributed by atoms with E-state index < -0.39 is 11.5 Å². The number of nitrogens with one attached hydrogen (secondary N) is 1. The number of hydrogen-bond donors (Lipinski definition) is 1. The molecule has 0 aliphatic heterocycles. The number of pyridine rings is 1. The van der Waals surface area contributed by atoms with Crippen LogP contribution in [0.1, 0.15) is 0 Å². The fourth-order valence-corrected chi connectivity index (χ4v) is 1.12. The standard InChI is InChI=1S/C9H6FN3O/c10-7-5-11-3-1-6(7)8-2-4-12-9(14)13-8/h1-5H,(H,12,13,14). The van der Waals surface area contributed by atoms with Gasteiger partial charge in [0.15, 0.2) is 5.82 Å². The van der Waals surface area contributed by atoms with Crippen molar-refractivity contribution in [1.29, 1.82) is 0 Å². The molecular formula is C9H6FN3O. The molecule has 2 heterocycles. The minimum absolute atomic E-state index is 0.305. The van der Waals surface area contributed by atoms with Gasteiger partial charge in [-0.3, -0.25) is 4.98 Å². The Balaban J connectivity index is 2.61. The molecule has 0 spiro atoms. The van der Waals surface area contributed by atoms with Gasteiger partial charge in [0.2, 0.25) is 0 Å².